The van der Waals surface area contributed by atoms with Crippen LogP contribution in [0.4, 0.5) is 0 Å². The summed E-state index contributed by atoms with van der Waals surface area (Å²) in [5.74, 6) is 0.219. The number of hydrogen-bond acceptors (Lipinski definition) is 1. The highest BCUT2D eigenvalue weighted by molar-refractivity contribution is 6.34. The van der Waals surface area contributed by atoms with Crippen LogP contribution in [0.1, 0.15) is 5.56 Å². The molecule has 0 aliphatic carbocycles. The Labute approximate surface area is 94.0 Å². The van der Waals surface area contributed by atoms with Crippen molar-refractivity contribution >= 4 is 11.6 Å². The lowest BCUT2D eigenvalue weighted by atomic mass is 10.0. The lowest BCUT2D eigenvalue weighted by Crippen LogP contribution is -1.84. The van der Waals surface area contributed by atoms with E-state index in [-0.39, 0.29) is 5.75 Å². The van der Waals surface area contributed by atoms with Crippen LogP contribution in [0, 0.1) is 6.92 Å². The number of halogens is 1. The Hall–Kier alpha value is -1.47. The minimum Gasteiger partial charge on any atom is -0.507 e. The highest BCUT2D eigenvalue weighted by Gasteiger charge is 2.10. The molecule has 2 rings (SSSR count). The zero-order valence-corrected chi connectivity index (χ0v) is 9.12. The van der Waals surface area contributed by atoms with Crippen LogP contribution < -0.4 is 0 Å². The first-order chi connectivity index (χ1) is 7.20. The summed E-state index contributed by atoms with van der Waals surface area (Å²) < 4.78 is 0. The third-order valence-corrected chi connectivity index (χ3v) is 2.86. The van der Waals surface area contributed by atoms with E-state index < -0.39 is 0 Å². The van der Waals surface area contributed by atoms with Crippen molar-refractivity contribution in [2.45, 2.75) is 6.92 Å². The van der Waals surface area contributed by atoms with E-state index in [0.29, 0.717) is 10.6 Å². The van der Waals surface area contributed by atoms with Gasteiger partial charge in [-0.3, -0.25) is 0 Å². The number of phenolic OH excluding ortho intramolecular Hbond substituents is 1. The molecule has 15 heavy (non-hydrogen) atoms. The maximum atomic E-state index is 9.78. The van der Waals surface area contributed by atoms with Gasteiger partial charge in [0.15, 0.2) is 0 Å². The standard InChI is InChI=1S/C13H11ClO/c1-9-7-8-11(15)12(13(9)14)10-5-3-2-4-6-10/h2-8,15H,1H3. The number of phenols is 1. The average molecular weight is 219 g/mol. The van der Waals surface area contributed by atoms with Gasteiger partial charge >= 0.3 is 0 Å². The molecule has 0 aromatic heterocycles. The van der Waals surface area contributed by atoms with Gasteiger partial charge in [-0.1, -0.05) is 48.0 Å². The molecule has 2 heteroatoms. The van der Waals surface area contributed by atoms with E-state index in [4.69, 9.17) is 11.6 Å². The van der Waals surface area contributed by atoms with Gasteiger partial charge < -0.3 is 5.11 Å². The highest BCUT2D eigenvalue weighted by atomic mass is 35.5. The predicted molar refractivity (Wildman–Crippen MR) is 63.3 cm³/mol. The molecule has 0 spiro atoms. The van der Waals surface area contributed by atoms with E-state index in [2.05, 4.69) is 0 Å². The molecule has 2 aromatic rings. The summed E-state index contributed by atoms with van der Waals surface area (Å²) in [7, 11) is 0. The van der Waals surface area contributed by atoms with E-state index in [1.165, 1.54) is 0 Å². The fraction of sp³-hybridized carbons (Fsp3) is 0.0769. The van der Waals surface area contributed by atoms with Gasteiger partial charge in [0.2, 0.25) is 0 Å². The zero-order valence-electron chi connectivity index (χ0n) is 8.37. The van der Waals surface area contributed by atoms with E-state index in [9.17, 15) is 5.11 Å². The predicted octanol–water partition coefficient (Wildman–Crippen LogP) is 4.02. The molecule has 0 heterocycles. The Kier molecular flexibility index (Phi) is 2.65. The van der Waals surface area contributed by atoms with Crippen LogP contribution >= 0.6 is 11.6 Å². The molecule has 0 amide bonds. The van der Waals surface area contributed by atoms with Gasteiger partial charge in [-0.2, -0.15) is 0 Å². The molecule has 1 nitrogen and oxygen atoms in total. The van der Waals surface area contributed by atoms with Crippen molar-refractivity contribution < 1.29 is 5.11 Å². The minimum absolute atomic E-state index is 0.219. The molecule has 0 bridgehead atoms. The van der Waals surface area contributed by atoms with Crippen molar-refractivity contribution in [2.75, 3.05) is 0 Å². The molecule has 0 saturated carbocycles. The smallest absolute Gasteiger partial charge is 0.124 e. The van der Waals surface area contributed by atoms with Crippen LogP contribution in [0.3, 0.4) is 0 Å². The van der Waals surface area contributed by atoms with Gasteiger partial charge in [-0.25, -0.2) is 0 Å². The summed E-state index contributed by atoms with van der Waals surface area (Å²) in [6.07, 6.45) is 0. The Balaban J connectivity index is 2.68. The summed E-state index contributed by atoms with van der Waals surface area (Å²) in [6, 6.07) is 13.1. The number of aromatic hydroxyl groups is 1. The number of rotatable bonds is 1. The molecular weight excluding hydrogens is 208 g/mol. The number of hydrogen-bond donors (Lipinski definition) is 1. The molecule has 0 fully saturated rings. The number of aryl methyl sites for hydroxylation is 1. The second kappa shape index (κ2) is 3.95. The molecule has 76 valence electrons. The minimum atomic E-state index is 0.219. The first-order valence-corrected chi connectivity index (χ1v) is 5.11. The molecule has 2 aromatic carbocycles. The van der Waals surface area contributed by atoms with Gasteiger partial charge in [-0.05, 0) is 24.1 Å². The monoisotopic (exact) mass is 218 g/mol. The Morgan fingerprint density at radius 1 is 1.00 bits per heavy atom. The van der Waals surface area contributed by atoms with E-state index in [0.717, 1.165) is 11.1 Å². The van der Waals surface area contributed by atoms with Crippen LogP contribution in [-0.2, 0) is 0 Å². The van der Waals surface area contributed by atoms with Crippen molar-refractivity contribution in [3.63, 3.8) is 0 Å². The van der Waals surface area contributed by atoms with Crippen LogP contribution in [0.25, 0.3) is 11.1 Å². The maximum absolute atomic E-state index is 9.78. The Morgan fingerprint density at radius 2 is 1.67 bits per heavy atom. The summed E-state index contributed by atoms with van der Waals surface area (Å²) in [5.41, 5.74) is 2.61. The fourth-order valence-corrected chi connectivity index (χ4v) is 1.82. The summed E-state index contributed by atoms with van der Waals surface area (Å²) in [6.45, 7) is 1.92. The van der Waals surface area contributed by atoms with Gasteiger partial charge in [0.25, 0.3) is 0 Å². The molecule has 0 aliphatic heterocycles. The molecule has 0 unspecified atom stereocenters. The van der Waals surface area contributed by atoms with Gasteiger partial charge in [0.05, 0.1) is 5.02 Å². The lowest BCUT2D eigenvalue weighted by molar-refractivity contribution is 0.477. The average Bonchev–Trinajstić information content (AvgIpc) is 2.26. The van der Waals surface area contributed by atoms with E-state index in [1.54, 1.807) is 6.07 Å². The Morgan fingerprint density at radius 3 is 2.33 bits per heavy atom. The molecule has 0 saturated heterocycles. The molecule has 1 N–H and O–H groups in total. The van der Waals surface area contributed by atoms with Crippen LogP contribution in [-0.4, -0.2) is 5.11 Å². The van der Waals surface area contributed by atoms with Crippen molar-refractivity contribution in [3.05, 3.63) is 53.1 Å². The Bertz CT molecular complexity index is 477. The second-order valence-corrected chi connectivity index (χ2v) is 3.83. The highest BCUT2D eigenvalue weighted by Crippen LogP contribution is 2.37. The largest absolute Gasteiger partial charge is 0.507 e. The third kappa shape index (κ3) is 1.83. The van der Waals surface area contributed by atoms with Crippen LogP contribution in [0.15, 0.2) is 42.5 Å². The number of benzene rings is 2. The summed E-state index contributed by atoms with van der Waals surface area (Å²) >= 11 is 6.17. The van der Waals surface area contributed by atoms with Crippen LogP contribution in [0.5, 0.6) is 5.75 Å². The van der Waals surface area contributed by atoms with Gasteiger partial charge in [0.1, 0.15) is 5.75 Å². The fourth-order valence-electron chi connectivity index (χ4n) is 1.55. The SMILES string of the molecule is Cc1ccc(O)c(-c2ccccc2)c1Cl. The topological polar surface area (TPSA) is 20.2 Å². The van der Waals surface area contributed by atoms with Crippen molar-refractivity contribution in [2.24, 2.45) is 0 Å². The van der Waals surface area contributed by atoms with E-state index >= 15 is 0 Å². The first-order valence-electron chi connectivity index (χ1n) is 4.73. The third-order valence-electron chi connectivity index (χ3n) is 2.38. The normalized spacial score (nSPS) is 10.3. The first kappa shape index (κ1) is 10.1. The lowest BCUT2D eigenvalue weighted by Gasteiger charge is -2.09. The second-order valence-electron chi connectivity index (χ2n) is 3.46. The molecule has 0 atom stereocenters. The van der Waals surface area contributed by atoms with Crippen LogP contribution in [0.2, 0.25) is 5.02 Å². The maximum Gasteiger partial charge on any atom is 0.124 e. The molecular formula is C13H11ClO. The van der Waals surface area contributed by atoms with Gasteiger partial charge in [-0.15, -0.1) is 0 Å². The van der Waals surface area contributed by atoms with Crippen molar-refractivity contribution in [3.8, 4) is 16.9 Å². The van der Waals surface area contributed by atoms with Gasteiger partial charge in [0, 0.05) is 5.56 Å². The summed E-state index contributed by atoms with van der Waals surface area (Å²) in [4.78, 5) is 0. The van der Waals surface area contributed by atoms with E-state index in [1.807, 2.05) is 43.3 Å². The molecule has 0 aliphatic rings. The van der Waals surface area contributed by atoms with Crippen molar-refractivity contribution in [1.29, 1.82) is 0 Å². The summed E-state index contributed by atoms with van der Waals surface area (Å²) in [5, 5.41) is 10.4. The zero-order chi connectivity index (χ0) is 10.8. The molecule has 0 radical (unpaired) electrons. The quantitative estimate of drug-likeness (QED) is 0.767. The van der Waals surface area contributed by atoms with Crippen molar-refractivity contribution in [1.82, 2.24) is 0 Å².